The number of carbonyl (C=O) groups excluding carboxylic acids is 4. The number of imide groups is 1. The first-order chi connectivity index (χ1) is 13.2. The first kappa shape index (κ1) is 21.7. The number of hydrogen-bond donors (Lipinski definition) is 2. The summed E-state index contributed by atoms with van der Waals surface area (Å²) in [5.41, 5.74) is -0.525. The Morgan fingerprint density at radius 2 is 1.93 bits per heavy atom. The van der Waals surface area contributed by atoms with Gasteiger partial charge in [0.05, 0.1) is 0 Å². The molecule has 2 atom stereocenters. The smallest absolute Gasteiger partial charge is 0.327 e. The van der Waals surface area contributed by atoms with Crippen molar-refractivity contribution in [1.82, 2.24) is 10.2 Å². The standard InChI is InChI=1S/C19H24ClN3O5/c1-4-5-10-19(3)17(26)23(18(27)22-19)11-15(24)28-12(2)16(25)21-14-8-6-13(20)7-9-14/h6-9,12H,4-5,10-11H2,1-3H3,(H,21,25)(H,22,27)/t12-,19+/m1/s1. The van der Waals surface area contributed by atoms with Crippen LogP contribution in [0, 0.1) is 0 Å². The molecule has 1 aliphatic heterocycles. The fourth-order valence-electron chi connectivity index (χ4n) is 2.78. The van der Waals surface area contributed by atoms with E-state index in [0.717, 1.165) is 17.7 Å². The second-order valence-electron chi connectivity index (χ2n) is 6.89. The van der Waals surface area contributed by atoms with Crippen LogP contribution in [0.2, 0.25) is 5.02 Å². The lowest BCUT2D eigenvalue weighted by Gasteiger charge is -2.21. The third-order valence-electron chi connectivity index (χ3n) is 4.45. The lowest BCUT2D eigenvalue weighted by molar-refractivity contribution is -0.155. The van der Waals surface area contributed by atoms with Crippen LogP contribution in [0.4, 0.5) is 10.5 Å². The normalized spacial score (nSPS) is 19.9. The van der Waals surface area contributed by atoms with E-state index in [2.05, 4.69) is 10.6 Å². The summed E-state index contributed by atoms with van der Waals surface area (Å²) in [7, 11) is 0. The van der Waals surface area contributed by atoms with Crippen LogP contribution < -0.4 is 10.6 Å². The highest BCUT2D eigenvalue weighted by Crippen LogP contribution is 2.23. The van der Waals surface area contributed by atoms with E-state index in [1.165, 1.54) is 6.92 Å². The second kappa shape index (κ2) is 9.05. The SMILES string of the molecule is CCCC[C@]1(C)NC(=O)N(CC(=O)O[C@H](C)C(=O)Nc2ccc(Cl)cc2)C1=O. The maximum Gasteiger partial charge on any atom is 0.327 e. The van der Waals surface area contributed by atoms with E-state index in [1.807, 2.05) is 6.92 Å². The number of nitrogens with zero attached hydrogens (tertiary/aromatic N) is 1. The van der Waals surface area contributed by atoms with Crippen LogP contribution in [0.5, 0.6) is 0 Å². The Morgan fingerprint density at radius 1 is 1.29 bits per heavy atom. The van der Waals surface area contributed by atoms with Crippen LogP contribution in [0.3, 0.4) is 0 Å². The Kier molecular flexibility index (Phi) is 7.01. The monoisotopic (exact) mass is 409 g/mol. The number of esters is 1. The molecule has 4 amide bonds. The molecule has 0 bridgehead atoms. The maximum absolute atomic E-state index is 12.5. The highest BCUT2D eigenvalue weighted by Gasteiger charge is 2.48. The molecule has 2 rings (SSSR count). The van der Waals surface area contributed by atoms with Gasteiger partial charge in [-0.2, -0.15) is 0 Å². The van der Waals surface area contributed by atoms with Gasteiger partial charge in [-0.1, -0.05) is 31.4 Å². The number of anilines is 1. The minimum absolute atomic E-state index is 0.471. The highest BCUT2D eigenvalue weighted by molar-refractivity contribution is 6.30. The molecule has 0 saturated carbocycles. The largest absolute Gasteiger partial charge is 0.451 e. The summed E-state index contributed by atoms with van der Waals surface area (Å²) >= 11 is 5.79. The fraction of sp³-hybridized carbons (Fsp3) is 0.474. The number of ether oxygens (including phenoxy) is 1. The first-order valence-electron chi connectivity index (χ1n) is 9.06. The lowest BCUT2D eigenvalue weighted by atomic mass is 9.95. The minimum Gasteiger partial charge on any atom is -0.451 e. The fourth-order valence-corrected chi connectivity index (χ4v) is 2.91. The van der Waals surface area contributed by atoms with Gasteiger partial charge in [0.2, 0.25) is 0 Å². The van der Waals surface area contributed by atoms with Crippen molar-refractivity contribution >= 4 is 41.1 Å². The summed E-state index contributed by atoms with van der Waals surface area (Å²) in [4.78, 5) is 49.7. The van der Waals surface area contributed by atoms with Crippen LogP contribution >= 0.6 is 11.6 Å². The number of unbranched alkanes of at least 4 members (excludes halogenated alkanes) is 1. The van der Waals surface area contributed by atoms with E-state index in [-0.39, 0.29) is 0 Å². The van der Waals surface area contributed by atoms with E-state index < -0.39 is 42.0 Å². The molecular weight excluding hydrogens is 386 g/mol. The van der Waals surface area contributed by atoms with E-state index in [0.29, 0.717) is 17.1 Å². The van der Waals surface area contributed by atoms with Crippen molar-refractivity contribution in [1.29, 1.82) is 0 Å². The van der Waals surface area contributed by atoms with Gasteiger partial charge >= 0.3 is 12.0 Å². The predicted molar refractivity (Wildman–Crippen MR) is 104 cm³/mol. The number of urea groups is 1. The van der Waals surface area contributed by atoms with Gasteiger partial charge in [-0.15, -0.1) is 0 Å². The molecule has 1 fully saturated rings. The molecule has 1 heterocycles. The van der Waals surface area contributed by atoms with E-state index in [4.69, 9.17) is 16.3 Å². The van der Waals surface area contributed by atoms with Crippen LogP contribution in [-0.4, -0.2) is 46.9 Å². The van der Waals surface area contributed by atoms with E-state index in [1.54, 1.807) is 31.2 Å². The van der Waals surface area contributed by atoms with Gasteiger partial charge in [-0.3, -0.25) is 19.3 Å². The lowest BCUT2D eigenvalue weighted by Crippen LogP contribution is -2.44. The molecule has 0 aromatic heterocycles. The first-order valence-corrected chi connectivity index (χ1v) is 9.44. The number of hydrogen-bond acceptors (Lipinski definition) is 5. The second-order valence-corrected chi connectivity index (χ2v) is 7.32. The van der Waals surface area contributed by atoms with Crippen molar-refractivity contribution < 1.29 is 23.9 Å². The quantitative estimate of drug-likeness (QED) is 0.507. The number of carbonyl (C=O) groups is 4. The Labute approximate surface area is 168 Å². The molecule has 152 valence electrons. The number of benzene rings is 1. The molecule has 0 radical (unpaired) electrons. The summed E-state index contributed by atoms with van der Waals surface area (Å²) in [6.45, 7) is 4.47. The predicted octanol–water partition coefficient (Wildman–Crippen LogP) is 2.71. The topological polar surface area (TPSA) is 105 Å². The van der Waals surface area contributed by atoms with Gasteiger partial charge in [-0.25, -0.2) is 4.79 Å². The number of nitrogens with one attached hydrogen (secondary N) is 2. The summed E-state index contributed by atoms with van der Waals surface area (Å²) in [5.74, 6) is -1.86. The number of rotatable bonds is 8. The molecule has 9 heteroatoms. The molecule has 1 aromatic rings. The van der Waals surface area contributed by atoms with Gasteiger partial charge in [0.15, 0.2) is 6.10 Å². The molecule has 1 aromatic carbocycles. The van der Waals surface area contributed by atoms with Crippen molar-refractivity contribution in [2.45, 2.75) is 51.7 Å². The molecule has 28 heavy (non-hydrogen) atoms. The maximum atomic E-state index is 12.5. The third kappa shape index (κ3) is 5.22. The van der Waals surface area contributed by atoms with Crippen molar-refractivity contribution in [2.24, 2.45) is 0 Å². The van der Waals surface area contributed by atoms with Crippen molar-refractivity contribution in [3.63, 3.8) is 0 Å². The van der Waals surface area contributed by atoms with Gasteiger partial charge in [0.25, 0.3) is 11.8 Å². The highest BCUT2D eigenvalue weighted by atomic mass is 35.5. The molecular formula is C19H24ClN3O5. The van der Waals surface area contributed by atoms with Crippen molar-refractivity contribution in [3.8, 4) is 0 Å². The molecule has 1 saturated heterocycles. The van der Waals surface area contributed by atoms with Crippen LogP contribution in [0.1, 0.15) is 40.0 Å². The Morgan fingerprint density at radius 3 is 2.54 bits per heavy atom. The van der Waals surface area contributed by atoms with Crippen LogP contribution in [0.25, 0.3) is 0 Å². The Hall–Kier alpha value is -2.61. The molecule has 1 aliphatic rings. The zero-order valence-electron chi connectivity index (χ0n) is 16.1. The molecule has 2 N–H and O–H groups in total. The Balaban J connectivity index is 1.90. The number of amides is 4. The molecule has 0 unspecified atom stereocenters. The zero-order valence-corrected chi connectivity index (χ0v) is 16.8. The summed E-state index contributed by atoms with van der Waals surface area (Å²) < 4.78 is 5.07. The average Bonchev–Trinajstić information content (AvgIpc) is 2.85. The van der Waals surface area contributed by atoms with Gasteiger partial charge in [0.1, 0.15) is 12.1 Å². The van der Waals surface area contributed by atoms with Crippen molar-refractivity contribution in [2.75, 3.05) is 11.9 Å². The summed E-state index contributed by atoms with van der Waals surface area (Å²) in [5, 5.41) is 5.74. The van der Waals surface area contributed by atoms with E-state index >= 15 is 0 Å². The molecule has 0 aliphatic carbocycles. The van der Waals surface area contributed by atoms with Crippen LogP contribution in [0.15, 0.2) is 24.3 Å². The summed E-state index contributed by atoms with van der Waals surface area (Å²) in [6, 6.07) is 5.80. The zero-order chi connectivity index (χ0) is 20.9. The van der Waals surface area contributed by atoms with Gasteiger partial charge in [-0.05, 0) is 44.5 Å². The van der Waals surface area contributed by atoms with Gasteiger partial charge in [0, 0.05) is 10.7 Å². The average molecular weight is 410 g/mol. The molecule has 0 spiro atoms. The van der Waals surface area contributed by atoms with E-state index in [9.17, 15) is 19.2 Å². The van der Waals surface area contributed by atoms with Crippen LogP contribution in [-0.2, 0) is 19.1 Å². The third-order valence-corrected chi connectivity index (χ3v) is 4.70. The summed E-state index contributed by atoms with van der Waals surface area (Å²) in [6.07, 6.45) is 1.03. The Bertz CT molecular complexity index is 767. The number of halogens is 1. The minimum atomic E-state index is -1.10. The van der Waals surface area contributed by atoms with Gasteiger partial charge < -0.3 is 15.4 Å². The molecule has 8 nitrogen and oxygen atoms in total. The van der Waals surface area contributed by atoms with Crippen molar-refractivity contribution in [3.05, 3.63) is 29.3 Å².